The summed E-state index contributed by atoms with van der Waals surface area (Å²) in [4.78, 5) is 18.4. The Balaban J connectivity index is 2.04. The van der Waals surface area contributed by atoms with E-state index < -0.39 is 11.0 Å². The third-order valence-corrected chi connectivity index (χ3v) is 6.79. The molecule has 29 heavy (non-hydrogen) atoms. The summed E-state index contributed by atoms with van der Waals surface area (Å²) in [5.74, 6) is 0. The lowest BCUT2D eigenvalue weighted by molar-refractivity contribution is -0.0220. The average molecular weight is 391 g/mol. The number of likely N-dealkylation sites (N-methyl/N-ethyl adjacent to an activating group) is 1. The van der Waals surface area contributed by atoms with Gasteiger partial charge in [-0.25, -0.2) is 0 Å². The molecule has 0 amide bonds. The third-order valence-electron chi connectivity index (χ3n) is 6.79. The molecule has 2 N–H and O–H groups in total. The number of nitrogens with zero attached hydrogens (tertiary/aromatic N) is 1. The minimum atomic E-state index is -0.993. The molecule has 152 valence electrons. The fourth-order valence-corrected chi connectivity index (χ4v) is 5.68. The third kappa shape index (κ3) is 3.11. The molecule has 1 aromatic heterocycles. The van der Waals surface area contributed by atoms with Crippen LogP contribution in [-0.4, -0.2) is 35.1 Å². The zero-order valence-corrected chi connectivity index (χ0v) is 17.7. The van der Waals surface area contributed by atoms with Gasteiger partial charge in [0.15, 0.2) is 0 Å². The van der Waals surface area contributed by atoms with Crippen molar-refractivity contribution in [3.05, 3.63) is 81.8 Å². The molecule has 0 saturated heterocycles. The van der Waals surface area contributed by atoms with Crippen LogP contribution in [0.15, 0.2) is 59.4 Å². The Kier molecular flexibility index (Phi) is 4.88. The second kappa shape index (κ2) is 7.12. The van der Waals surface area contributed by atoms with Crippen molar-refractivity contribution in [2.24, 2.45) is 0 Å². The van der Waals surface area contributed by atoms with Crippen LogP contribution in [0.4, 0.5) is 0 Å². The first-order valence-electron chi connectivity index (χ1n) is 10.4. The molecule has 3 aromatic rings. The number of hydrogen-bond acceptors (Lipinski definition) is 3. The van der Waals surface area contributed by atoms with E-state index in [1.165, 1.54) is 0 Å². The Bertz CT molecular complexity index is 1090. The number of nitrogens with one attached hydrogen (secondary N) is 1. The van der Waals surface area contributed by atoms with Gasteiger partial charge >= 0.3 is 0 Å². The van der Waals surface area contributed by atoms with Gasteiger partial charge in [-0.05, 0) is 49.5 Å². The van der Waals surface area contributed by atoms with Gasteiger partial charge in [-0.1, -0.05) is 62.4 Å². The summed E-state index contributed by atoms with van der Waals surface area (Å²) in [6, 6.07) is 17.9. The van der Waals surface area contributed by atoms with Crippen LogP contribution in [0.1, 0.15) is 43.5 Å². The maximum absolute atomic E-state index is 12.9. The highest BCUT2D eigenvalue weighted by atomic mass is 16.3. The van der Waals surface area contributed by atoms with Crippen LogP contribution in [0.25, 0.3) is 10.8 Å². The number of aromatic nitrogens is 1. The summed E-state index contributed by atoms with van der Waals surface area (Å²) < 4.78 is 0. The van der Waals surface area contributed by atoms with Crippen molar-refractivity contribution in [1.29, 1.82) is 0 Å². The molecule has 3 unspecified atom stereocenters. The van der Waals surface area contributed by atoms with E-state index in [1.54, 1.807) is 0 Å². The van der Waals surface area contributed by atoms with Crippen LogP contribution in [0, 0.1) is 0 Å². The molecule has 0 bridgehead atoms. The van der Waals surface area contributed by atoms with Crippen molar-refractivity contribution in [3.8, 4) is 0 Å². The summed E-state index contributed by atoms with van der Waals surface area (Å²) in [6.45, 7) is 4.36. The van der Waals surface area contributed by atoms with Crippen molar-refractivity contribution in [2.75, 3.05) is 14.1 Å². The predicted octanol–water partition coefficient (Wildman–Crippen LogP) is 3.96. The number of aromatic amines is 1. The summed E-state index contributed by atoms with van der Waals surface area (Å²) in [5, 5.41) is 13.6. The highest BCUT2D eigenvalue weighted by Crippen LogP contribution is 2.49. The smallest absolute Gasteiger partial charge is 0.256 e. The van der Waals surface area contributed by atoms with Gasteiger partial charge in [-0.2, -0.15) is 0 Å². The van der Waals surface area contributed by atoms with Crippen LogP contribution < -0.4 is 5.56 Å². The normalized spacial score (nSPS) is 25.2. The molecule has 3 atom stereocenters. The van der Waals surface area contributed by atoms with Gasteiger partial charge in [0, 0.05) is 29.0 Å². The molecule has 4 nitrogen and oxygen atoms in total. The number of benzene rings is 2. The van der Waals surface area contributed by atoms with Gasteiger partial charge in [-0.15, -0.1) is 0 Å². The number of hydrogen-bond donors (Lipinski definition) is 2. The zero-order valence-electron chi connectivity index (χ0n) is 17.7. The standard InChI is InChI=1S/C25H30N2O2/c1-5-21(27(3)4)24(2)16-25(29,17-11-7-6-8-12-17)15-20-18-13-9-10-14-19(18)23(28)26-22(20)24/h6-14,21,29H,5,15-16H2,1-4H3,(H,26,28). The number of aliphatic hydroxyl groups is 1. The molecule has 2 aromatic carbocycles. The Morgan fingerprint density at radius 3 is 2.31 bits per heavy atom. The molecule has 0 saturated carbocycles. The summed E-state index contributed by atoms with van der Waals surface area (Å²) >= 11 is 0. The predicted molar refractivity (Wildman–Crippen MR) is 118 cm³/mol. The molecule has 0 aliphatic heterocycles. The first kappa shape index (κ1) is 19.9. The van der Waals surface area contributed by atoms with Gasteiger partial charge in [0.05, 0.1) is 5.60 Å². The Labute approximate surface area is 172 Å². The quantitative estimate of drug-likeness (QED) is 0.709. The second-order valence-electron chi connectivity index (χ2n) is 8.91. The monoisotopic (exact) mass is 390 g/mol. The van der Waals surface area contributed by atoms with E-state index >= 15 is 0 Å². The van der Waals surface area contributed by atoms with E-state index in [-0.39, 0.29) is 11.6 Å². The molecular formula is C25H30N2O2. The first-order valence-corrected chi connectivity index (χ1v) is 10.4. The first-order chi connectivity index (χ1) is 13.8. The summed E-state index contributed by atoms with van der Waals surface area (Å²) in [6.07, 6.45) is 1.97. The maximum atomic E-state index is 12.9. The Morgan fingerprint density at radius 1 is 1.07 bits per heavy atom. The molecule has 0 radical (unpaired) electrons. The van der Waals surface area contributed by atoms with E-state index in [4.69, 9.17) is 0 Å². The van der Waals surface area contributed by atoms with E-state index in [9.17, 15) is 9.90 Å². The molecule has 0 fully saturated rings. The lowest BCUT2D eigenvalue weighted by Crippen LogP contribution is -2.54. The van der Waals surface area contributed by atoms with Gasteiger partial charge in [0.1, 0.15) is 0 Å². The van der Waals surface area contributed by atoms with Gasteiger partial charge in [0.25, 0.3) is 5.56 Å². The lowest BCUT2D eigenvalue weighted by Gasteiger charge is -2.50. The van der Waals surface area contributed by atoms with Crippen LogP contribution >= 0.6 is 0 Å². The minimum Gasteiger partial charge on any atom is -0.385 e. The van der Waals surface area contributed by atoms with Crippen LogP contribution in [0.5, 0.6) is 0 Å². The zero-order chi connectivity index (χ0) is 20.8. The average Bonchev–Trinajstić information content (AvgIpc) is 2.70. The number of H-pyrrole nitrogens is 1. The molecule has 0 spiro atoms. The Hall–Kier alpha value is -2.43. The van der Waals surface area contributed by atoms with Gasteiger partial charge < -0.3 is 15.0 Å². The van der Waals surface area contributed by atoms with Crippen LogP contribution in [-0.2, 0) is 17.4 Å². The van der Waals surface area contributed by atoms with Crippen LogP contribution in [0.2, 0.25) is 0 Å². The molecule has 4 heteroatoms. The van der Waals surface area contributed by atoms with Crippen molar-refractivity contribution in [1.82, 2.24) is 9.88 Å². The number of fused-ring (bicyclic) bond motifs is 3. The fourth-order valence-electron chi connectivity index (χ4n) is 5.68. The number of pyridine rings is 1. The van der Waals surface area contributed by atoms with E-state index in [1.807, 2.05) is 54.6 Å². The van der Waals surface area contributed by atoms with E-state index in [0.29, 0.717) is 18.2 Å². The van der Waals surface area contributed by atoms with Crippen molar-refractivity contribution >= 4 is 10.8 Å². The lowest BCUT2D eigenvalue weighted by atomic mass is 9.61. The highest BCUT2D eigenvalue weighted by Gasteiger charge is 2.50. The van der Waals surface area contributed by atoms with Crippen LogP contribution in [0.3, 0.4) is 0 Å². The molecule has 4 rings (SSSR count). The van der Waals surface area contributed by atoms with Crippen molar-refractivity contribution in [2.45, 2.75) is 50.2 Å². The van der Waals surface area contributed by atoms with Gasteiger partial charge in [-0.3, -0.25) is 4.79 Å². The highest BCUT2D eigenvalue weighted by molar-refractivity contribution is 5.86. The molecular weight excluding hydrogens is 360 g/mol. The largest absolute Gasteiger partial charge is 0.385 e. The van der Waals surface area contributed by atoms with Crippen molar-refractivity contribution < 1.29 is 5.11 Å². The maximum Gasteiger partial charge on any atom is 0.256 e. The molecule has 1 aliphatic carbocycles. The SMILES string of the molecule is CCC(N(C)C)C1(C)CC(O)(c2ccccc2)Cc2c1[nH]c(=O)c1ccccc21. The van der Waals surface area contributed by atoms with Gasteiger partial charge in [0.2, 0.25) is 0 Å². The molecule has 1 aliphatic rings. The number of rotatable bonds is 4. The van der Waals surface area contributed by atoms with Crippen molar-refractivity contribution in [3.63, 3.8) is 0 Å². The summed E-state index contributed by atoms with van der Waals surface area (Å²) in [7, 11) is 4.16. The Morgan fingerprint density at radius 2 is 1.69 bits per heavy atom. The fraction of sp³-hybridized carbons (Fsp3) is 0.400. The topological polar surface area (TPSA) is 56.3 Å². The summed E-state index contributed by atoms with van der Waals surface area (Å²) in [5.41, 5.74) is 1.51. The second-order valence-corrected chi connectivity index (χ2v) is 8.91. The minimum absolute atomic E-state index is 0.0515. The van der Waals surface area contributed by atoms with E-state index in [2.05, 4.69) is 37.8 Å². The van der Waals surface area contributed by atoms with E-state index in [0.717, 1.165) is 28.6 Å². The molecule has 1 heterocycles.